The van der Waals surface area contributed by atoms with Crippen molar-refractivity contribution in [3.63, 3.8) is 0 Å². The molecule has 0 bridgehead atoms. The molecule has 0 aliphatic carbocycles. The molecular weight excluding hydrogens is 332 g/mol. The van der Waals surface area contributed by atoms with Crippen molar-refractivity contribution in [1.82, 2.24) is 10.2 Å². The molecular formula is C16H18N2O5S. The summed E-state index contributed by atoms with van der Waals surface area (Å²) in [5.74, 6) is -1.17. The molecule has 1 heterocycles. The van der Waals surface area contributed by atoms with Crippen LogP contribution in [-0.4, -0.2) is 53.4 Å². The van der Waals surface area contributed by atoms with Crippen LogP contribution in [0.25, 0.3) is 0 Å². The van der Waals surface area contributed by atoms with Gasteiger partial charge in [0.2, 0.25) is 5.91 Å². The van der Waals surface area contributed by atoms with Crippen molar-refractivity contribution in [2.24, 2.45) is 0 Å². The molecule has 24 heavy (non-hydrogen) atoms. The van der Waals surface area contributed by atoms with E-state index < -0.39 is 18.5 Å². The standard InChI is InChI=1S/C16H18N2O5S/c1-10-3-4-11(2)12(7-10)15(21)23-8-13(19)17-5-6-18-14(20)9-24-16(18)22/h3-4,7H,5-6,8-9H2,1-2H3,(H,17,19). The van der Waals surface area contributed by atoms with E-state index in [0.717, 1.165) is 27.8 Å². The third-order valence-electron chi connectivity index (χ3n) is 3.45. The molecule has 8 heteroatoms. The molecule has 7 nitrogen and oxygen atoms in total. The summed E-state index contributed by atoms with van der Waals surface area (Å²) in [6.45, 7) is 3.47. The second-order valence-corrected chi connectivity index (χ2v) is 6.27. The molecule has 0 saturated carbocycles. The molecule has 1 fully saturated rings. The van der Waals surface area contributed by atoms with Crippen LogP contribution in [0.15, 0.2) is 18.2 Å². The van der Waals surface area contributed by atoms with E-state index in [0.29, 0.717) is 5.56 Å². The minimum Gasteiger partial charge on any atom is -0.452 e. The Balaban J connectivity index is 1.75. The summed E-state index contributed by atoms with van der Waals surface area (Å²) in [5.41, 5.74) is 2.12. The number of imide groups is 1. The third-order valence-corrected chi connectivity index (χ3v) is 4.30. The van der Waals surface area contributed by atoms with Crippen LogP contribution in [0.2, 0.25) is 0 Å². The van der Waals surface area contributed by atoms with Crippen molar-refractivity contribution in [2.45, 2.75) is 13.8 Å². The molecule has 0 aromatic heterocycles. The number of esters is 1. The van der Waals surface area contributed by atoms with Gasteiger partial charge in [-0.05, 0) is 25.5 Å². The van der Waals surface area contributed by atoms with Crippen LogP contribution in [0, 0.1) is 13.8 Å². The Morgan fingerprint density at radius 3 is 2.71 bits per heavy atom. The number of amides is 3. The Labute approximate surface area is 143 Å². The van der Waals surface area contributed by atoms with E-state index >= 15 is 0 Å². The van der Waals surface area contributed by atoms with Crippen LogP contribution in [0.3, 0.4) is 0 Å². The number of hydrogen-bond acceptors (Lipinski definition) is 6. The SMILES string of the molecule is Cc1ccc(C)c(C(=O)OCC(=O)NCCN2C(=O)CSC2=O)c1. The van der Waals surface area contributed by atoms with Crippen molar-refractivity contribution in [3.05, 3.63) is 34.9 Å². The molecule has 0 unspecified atom stereocenters. The van der Waals surface area contributed by atoms with Crippen molar-refractivity contribution < 1.29 is 23.9 Å². The highest BCUT2D eigenvalue weighted by Gasteiger charge is 2.29. The monoisotopic (exact) mass is 350 g/mol. The largest absolute Gasteiger partial charge is 0.452 e. The van der Waals surface area contributed by atoms with Crippen molar-refractivity contribution in [3.8, 4) is 0 Å². The lowest BCUT2D eigenvalue weighted by Gasteiger charge is -2.13. The van der Waals surface area contributed by atoms with Crippen LogP contribution < -0.4 is 5.32 Å². The molecule has 1 aliphatic rings. The Kier molecular flexibility index (Phi) is 5.97. The van der Waals surface area contributed by atoms with Gasteiger partial charge in [0, 0.05) is 13.1 Å². The minimum atomic E-state index is -0.562. The normalized spacial score (nSPS) is 14.0. The number of hydrogen-bond donors (Lipinski definition) is 1. The predicted molar refractivity (Wildman–Crippen MR) is 88.8 cm³/mol. The van der Waals surface area contributed by atoms with Gasteiger partial charge in [-0.1, -0.05) is 29.5 Å². The highest BCUT2D eigenvalue weighted by Crippen LogP contribution is 2.17. The first-order valence-corrected chi connectivity index (χ1v) is 8.35. The van der Waals surface area contributed by atoms with E-state index in [1.54, 1.807) is 13.0 Å². The molecule has 0 spiro atoms. The van der Waals surface area contributed by atoms with Gasteiger partial charge in [-0.2, -0.15) is 0 Å². The highest BCUT2D eigenvalue weighted by molar-refractivity contribution is 8.14. The van der Waals surface area contributed by atoms with Gasteiger partial charge in [-0.15, -0.1) is 0 Å². The number of thioether (sulfide) groups is 1. The zero-order chi connectivity index (χ0) is 17.7. The fraction of sp³-hybridized carbons (Fsp3) is 0.375. The molecule has 1 saturated heterocycles. The van der Waals surface area contributed by atoms with Gasteiger partial charge in [0.05, 0.1) is 11.3 Å². The van der Waals surface area contributed by atoms with E-state index in [1.807, 2.05) is 19.1 Å². The minimum absolute atomic E-state index is 0.112. The number of nitrogens with one attached hydrogen (secondary N) is 1. The zero-order valence-electron chi connectivity index (χ0n) is 13.5. The van der Waals surface area contributed by atoms with Gasteiger partial charge in [-0.25, -0.2) is 4.79 Å². The molecule has 128 valence electrons. The lowest BCUT2D eigenvalue weighted by atomic mass is 10.1. The molecule has 2 rings (SSSR count). The molecule has 1 aromatic rings. The number of carbonyl (C=O) groups excluding carboxylic acids is 4. The van der Waals surface area contributed by atoms with Gasteiger partial charge in [0.1, 0.15) is 0 Å². The smallest absolute Gasteiger partial charge is 0.338 e. The number of aryl methyl sites for hydroxylation is 2. The topological polar surface area (TPSA) is 92.8 Å². The second kappa shape index (κ2) is 7.96. The number of benzene rings is 1. The molecule has 1 aliphatic heterocycles. The summed E-state index contributed by atoms with van der Waals surface area (Å²) in [6.07, 6.45) is 0. The van der Waals surface area contributed by atoms with Crippen molar-refractivity contribution in [2.75, 3.05) is 25.4 Å². The van der Waals surface area contributed by atoms with E-state index in [1.165, 1.54) is 0 Å². The summed E-state index contributed by atoms with van der Waals surface area (Å²) >= 11 is 0.942. The van der Waals surface area contributed by atoms with E-state index in [2.05, 4.69) is 5.32 Å². The van der Waals surface area contributed by atoms with E-state index in [9.17, 15) is 19.2 Å². The van der Waals surface area contributed by atoms with Crippen molar-refractivity contribution >= 4 is 34.8 Å². The Bertz CT molecular complexity index is 673. The van der Waals surface area contributed by atoms with Gasteiger partial charge >= 0.3 is 5.97 Å². The summed E-state index contributed by atoms with van der Waals surface area (Å²) < 4.78 is 4.99. The van der Waals surface area contributed by atoms with Gasteiger partial charge in [0.25, 0.3) is 11.1 Å². The average molecular weight is 350 g/mol. The quantitative estimate of drug-likeness (QED) is 0.777. The van der Waals surface area contributed by atoms with Crippen LogP contribution in [0.1, 0.15) is 21.5 Å². The maximum absolute atomic E-state index is 12.0. The first-order valence-electron chi connectivity index (χ1n) is 7.36. The summed E-state index contributed by atoms with van der Waals surface area (Å²) in [4.78, 5) is 47.5. The number of carbonyl (C=O) groups is 4. The van der Waals surface area contributed by atoms with E-state index in [-0.39, 0.29) is 30.0 Å². The highest BCUT2D eigenvalue weighted by atomic mass is 32.2. The molecule has 3 amide bonds. The van der Waals surface area contributed by atoms with Crippen LogP contribution >= 0.6 is 11.8 Å². The summed E-state index contributed by atoms with van der Waals surface area (Å²) in [7, 11) is 0. The molecule has 0 radical (unpaired) electrons. The maximum Gasteiger partial charge on any atom is 0.338 e. The van der Waals surface area contributed by atoms with Crippen LogP contribution in [0.5, 0.6) is 0 Å². The maximum atomic E-state index is 12.0. The summed E-state index contributed by atoms with van der Waals surface area (Å²) in [5, 5.41) is 2.20. The first kappa shape index (κ1) is 18.0. The lowest BCUT2D eigenvalue weighted by molar-refractivity contribution is -0.126. The number of ether oxygens (including phenoxy) is 1. The van der Waals surface area contributed by atoms with Gasteiger partial charge in [-0.3, -0.25) is 19.3 Å². The number of rotatable bonds is 6. The van der Waals surface area contributed by atoms with Crippen LogP contribution in [0.4, 0.5) is 4.79 Å². The van der Waals surface area contributed by atoms with E-state index in [4.69, 9.17) is 4.74 Å². The zero-order valence-corrected chi connectivity index (χ0v) is 14.3. The third kappa shape index (κ3) is 4.58. The summed E-state index contributed by atoms with van der Waals surface area (Å²) in [6, 6.07) is 5.41. The van der Waals surface area contributed by atoms with Gasteiger partial charge < -0.3 is 10.1 Å². The fourth-order valence-electron chi connectivity index (χ4n) is 2.12. The first-order chi connectivity index (χ1) is 11.4. The average Bonchev–Trinajstić information content (AvgIpc) is 2.86. The lowest BCUT2D eigenvalue weighted by Crippen LogP contribution is -2.38. The van der Waals surface area contributed by atoms with Crippen LogP contribution in [-0.2, 0) is 14.3 Å². The molecule has 1 N–H and O–H groups in total. The Hall–Kier alpha value is -2.35. The fourth-order valence-corrected chi connectivity index (χ4v) is 2.87. The van der Waals surface area contributed by atoms with Crippen molar-refractivity contribution in [1.29, 1.82) is 0 Å². The number of nitrogens with zero attached hydrogens (tertiary/aromatic N) is 1. The molecule has 1 aromatic carbocycles. The second-order valence-electron chi connectivity index (χ2n) is 5.34. The predicted octanol–water partition coefficient (Wildman–Crippen LogP) is 1.27. The Morgan fingerprint density at radius 1 is 1.29 bits per heavy atom. The van der Waals surface area contributed by atoms with Gasteiger partial charge in [0.15, 0.2) is 6.61 Å². The molecule has 0 atom stereocenters. The Morgan fingerprint density at radius 2 is 2.04 bits per heavy atom.